The van der Waals surface area contributed by atoms with Crippen LogP contribution < -0.4 is 0 Å². The third kappa shape index (κ3) is 29.4. The quantitative estimate of drug-likeness (QED) is 0.404. The maximum Gasteiger partial charge on any atom is 0.111 e. The molecule has 5 heteroatoms. The molecule has 2 nitrogen and oxygen atoms in total. The average molecular weight is 642 g/mol. The monoisotopic (exact) mass is 642 g/mol. The van der Waals surface area contributed by atoms with E-state index < -0.39 is 7.34 Å². The molecule has 0 amide bonds. The molecule has 0 aliphatic heterocycles. The van der Waals surface area contributed by atoms with E-state index in [0.29, 0.717) is 6.16 Å². The minimum atomic E-state index is -2.65. The SMILES string of the molecule is C=P(O)(O)CC.[Rf].[Rf]. The topological polar surface area (TPSA) is 40.5 Å². The van der Waals surface area contributed by atoms with Crippen LogP contribution in [0.1, 0.15) is 6.92 Å². The molecule has 8 heavy (non-hydrogen) atoms. The molecule has 0 aromatic carbocycles. The number of hydrogen-bond acceptors (Lipinski definition) is 2. The summed E-state index contributed by atoms with van der Waals surface area (Å²) in [6, 6.07) is 0. The van der Waals surface area contributed by atoms with E-state index in [1.54, 1.807) is 6.92 Å². The van der Waals surface area contributed by atoms with Gasteiger partial charge in [-0.1, -0.05) is 13.2 Å². The molecule has 2 N–H and O–H groups in total. The van der Waals surface area contributed by atoms with Gasteiger partial charge in [0.2, 0.25) is 0 Å². The Kier molecular flexibility index (Phi) is 6.97. The maximum atomic E-state index is 8.38. The molecule has 0 radical (unpaired) electrons. The third-order valence-electron chi connectivity index (χ3n) is 0.506. The molecule has 0 unspecified atom stereocenters. The zero-order valence-corrected chi connectivity index (χ0v) is 18.9. The molecular weight excluding hydrogens is 633 g/mol. The number of hydrogen-bond donors (Lipinski definition) is 2. The Bertz CT molecular complexity index is 79.4. The molecule has 0 atom stereocenters. The van der Waals surface area contributed by atoms with Crippen LogP contribution in [0.2, 0.25) is 0 Å². The molecule has 0 aromatic rings. The van der Waals surface area contributed by atoms with Gasteiger partial charge in [-0.15, -0.1) is 0 Å². The van der Waals surface area contributed by atoms with Gasteiger partial charge < -0.3 is 9.79 Å². The smallest absolute Gasteiger partial charge is 0.111 e. The summed E-state index contributed by atoms with van der Waals surface area (Å²) in [7, 11) is -2.65. The van der Waals surface area contributed by atoms with Gasteiger partial charge >= 0.3 is 0 Å². The van der Waals surface area contributed by atoms with Crippen LogP contribution in [0.4, 0.5) is 0 Å². The van der Waals surface area contributed by atoms with Crippen LogP contribution in [-0.4, -0.2) is 22.2 Å². The Hall–Kier alpha value is -1.78. The molecule has 0 aromatic heterocycles. The normalized spacial score (nSPS) is 8.88. The van der Waals surface area contributed by atoms with Crippen molar-refractivity contribution in [3.05, 3.63) is 0 Å². The first-order chi connectivity index (χ1) is 2.56. The summed E-state index contributed by atoms with van der Waals surface area (Å²) in [5.41, 5.74) is 0. The fraction of sp³-hybridized carbons (Fsp3) is 0.667. The van der Waals surface area contributed by atoms with Crippen molar-refractivity contribution in [2.24, 2.45) is 0 Å². The largest absolute Gasteiger partial charge is 0.353 e. The minimum Gasteiger partial charge on any atom is -0.353 e. The number of rotatable bonds is 1. The summed E-state index contributed by atoms with van der Waals surface area (Å²) in [5, 5.41) is 0. The molecule has 42 valence electrons. The zero-order valence-electron chi connectivity index (χ0n) is 5.17. The Morgan fingerprint density at radius 1 is 1.38 bits per heavy atom. The van der Waals surface area contributed by atoms with Crippen LogP contribution in [0.5, 0.6) is 0 Å². The Morgan fingerprint density at radius 3 is 1.50 bits per heavy atom. The van der Waals surface area contributed by atoms with E-state index in [-0.39, 0.29) is 0 Å². The van der Waals surface area contributed by atoms with Gasteiger partial charge in [-0.2, -0.15) is 0 Å². The molecule has 0 rings (SSSR count). The summed E-state index contributed by atoms with van der Waals surface area (Å²) in [6.07, 6.45) is 3.49. The summed E-state index contributed by atoms with van der Waals surface area (Å²) < 4.78 is 0. The predicted octanol–water partition coefficient (Wildman–Crippen LogP) is 0.270. The molecule has 0 heterocycles. The van der Waals surface area contributed by atoms with Gasteiger partial charge in [0.1, 0.15) is 7.34 Å². The van der Waals surface area contributed by atoms with Gasteiger partial charge in [0, 0.05) is 6.16 Å². The maximum absolute atomic E-state index is 8.38. The second-order valence-corrected chi connectivity index (χ2v) is 3.58. The summed E-state index contributed by atoms with van der Waals surface area (Å²) >= 11 is 0. The van der Waals surface area contributed by atoms with E-state index >= 15 is 0 Å². The van der Waals surface area contributed by atoms with Gasteiger partial charge in [0.15, 0.2) is 0 Å². The van der Waals surface area contributed by atoms with Crippen LogP contribution in [-0.2, 0) is 0 Å². The molecule has 0 aliphatic carbocycles. The Balaban J connectivity index is -0.000000125. The van der Waals surface area contributed by atoms with Crippen LogP contribution in [0, 0.1) is 0 Å². The average Bonchev–Trinajstić information content (AvgIpc) is 1.35. The Labute approximate surface area is 37.6 Å². The van der Waals surface area contributed by atoms with Crippen LogP contribution >= 0.6 is 7.34 Å². The van der Waals surface area contributed by atoms with Crippen molar-refractivity contribution >= 4 is 13.6 Å². The summed E-state index contributed by atoms with van der Waals surface area (Å²) in [4.78, 5) is 16.8. The van der Waals surface area contributed by atoms with Crippen LogP contribution in [0.15, 0.2) is 0 Å². The molecule has 0 bridgehead atoms. The van der Waals surface area contributed by atoms with Crippen LogP contribution in [0.3, 0.4) is 0 Å². The van der Waals surface area contributed by atoms with E-state index in [2.05, 4.69) is 6.30 Å². The first-order valence-corrected chi connectivity index (χ1v) is 3.80. The Morgan fingerprint density at radius 2 is 1.50 bits per heavy atom. The second-order valence-electron chi connectivity index (χ2n) is 1.19. The van der Waals surface area contributed by atoms with Gasteiger partial charge in [-0.05, 0) is 0 Å². The minimum absolute atomic E-state index is 0. The van der Waals surface area contributed by atoms with Crippen molar-refractivity contribution in [3.63, 3.8) is 0 Å². The van der Waals surface area contributed by atoms with Crippen LogP contribution in [0.25, 0.3) is 0 Å². The third-order valence-corrected chi connectivity index (χ3v) is 1.52. The van der Waals surface area contributed by atoms with E-state index in [0.717, 1.165) is 0 Å². The molecule has 0 saturated heterocycles. The molecule has 0 fully saturated rings. The van der Waals surface area contributed by atoms with Crippen molar-refractivity contribution in [2.45, 2.75) is 6.92 Å². The second kappa shape index (κ2) is 3.41. The van der Waals surface area contributed by atoms with E-state index in [9.17, 15) is 0 Å². The van der Waals surface area contributed by atoms with Crippen molar-refractivity contribution in [3.8, 4) is 0 Å². The molecule has 0 saturated carbocycles. The fourth-order valence-corrected chi connectivity index (χ4v) is 0. The van der Waals surface area contributed by atoms with Crippen molar-refractivity contribution in [1.29, 1.82) is 0 Å². The van der Waals surface area contributed by atoms with E-state index in [4.69, 9.17) is 9.79 Å². The van der Waals surface area contributed by atoms with Crippen molar-refractivity contribution in [1.82, 2.24) is 0 Å². The molecule has 0 aliphatic rings. The van der Waals surface area contributed by atoms with E-state index in [1.165, 1.54) is 0 Å². The summed E-state index contributed by atoms with van der Waals surface area (Å²) in [6.45, 7) is 1.70. The standard InChI is InChI=1S/C3H9O2P.2Rf/c1-3-6(2,4)5;;/h4-5H,2-3H2,1H3;;. The zero-order chi connectivity index (χ0) is 5.21. The summed E-state index contributed by atoms with van der Waals surface area (Å²) in [5.74, 6) is 0. The molecular formula is C3H9O2PRf2. The van der Waals surface area contributed by atoms with Gasteiger partial charge in [-0.25, -0.2) is 0 Å². The molecule has 0 spiro atoms. The fourth-order valence-electron chi connectivity index (χ4n) is 0. The van der Waals surface area contributed by atoms with Crippen molar-refractivity contribution < 1.29 is 9.79 Å². The van der Waals surface area contributed by atoms with Gasteiger partial charge in [0.05, 0.1) is 0 Å². The van der Waals surface area contributed by atoms with E-state index in [1.807, 2.05) is 0 Å². The van der Waals surface area contributed by atoms with Gasteiger partial charge in [-0.3, -0.25) is 0 Å². The first-order valence-electron chi connectivity index (χ1n) is 1.74. The predicted molar refractivity (Wildman–Crippen MR) is 29.0 cm³/mol. The first kappa shape index (κ1) is 16.3. The van der Waals surface area contributed by atoms with Crippen molar-refractivity contribution in [2.75, 3.05) is 6.16 Å². The van der Waals surface area contributed by atoms with Gasteiger partial charge in [0.25, 0.3) is 0 Å².